The molecule has 5 nitrogen and oxygen atoms in total. The van der Waals surface area contributed by atoms with E-state index in [9.17, 15) is 35.9 Å². The van der Waals surface area contributed by atoms with Crippen molar-refractivity contribution >= 4 is 11.8 Å². The van der Waals surface area contributed by atoms with Crippen LogP contribution < -0.4 is 10.6 Å². The van der Waals surface area contributed by atoms with Gasteiger partial charge in [0.2, 0.25) is 5.91 Å². The fourth-order valence-electron chi connectivity index (χ4n) is 4.89. The molecule has 0 unspecified atom stereocenters. The van der Waals surface area contributed by atoms with Gasteiger partial charge in [0, 0.05) is 25.2 Å². The first-order valence-corrected chi connectivity index (χ1v) is 10.4. The van der Waals surface area contributed by atoms with Gasteiger partial charge in [-0.2, -0.15) is 13.2 Å². The zero-order chi connectivity index (χ0) is 23.3. The molecule has 0 bridgehead atoms. The Hall–Kier alpha value is -2.30. The van der Waals surface area contributed by atoms with Crippen molar-refractivity contribution in [3.8, 4) is 0 Å². The van der Waals surface area contributed by atoms with Crippen LogP contribution in [0, 0.1) is 17.2 Å². The Morgan fingerprint density at radius 2 is 1.81 bits per heavy atom. The fraction of sp³-hybridized carbons (Fsp3) is 0.619. The highest BCUT2D eigenvalue weighted by Crippen LogP contribution is 2.52. The van der Waals surface area contributed by atoms with Gasteiger partial charge < -0.3 is 10.6 Å². The Labute approximate surface area is 180 Å². The van der Waals surface area contributed by atoms with Crippen LogP contribution >= 0.6 is 0 Å². The number of alkyl halides is 5. The summed E-state index contributed by atoms with van der Waals surface area (Å²) in [5.74, 6) is -2.06. The van der Waals surface area contributed by atoms with Gasteiger partial charge in [-0.1, -0.05) is 0 Å². The van der Waals surface area contributed by atoms with E-state index in [1.165, 1.54) is 0 Å². The highest BCUT2D eigenvalue weighted by atomic mass is 19.4. The van der Waals surface area contributed by atoms with E-state index >= 15 is 0 Å². The van der Waals surface area contributed by atoms with Crippen LogP contribution in [0.15, 0.2) is 18.2 Å². The number of halogens is 6. The quantitative estimate of drug-likeness (QED) is 0.610. The van der Waals surface area contributed by atoms with Crippen LogP contribution in [-0.4, -0.2) is 54.6 Å². The molecule has 1 aliphatic heterocycles. The summed E-state index contributed by atoms with van der Waals surface area (Å²) in [6, 6.07) is 2.84. The van der Waals surface area contributed by atoms with Gasteiger partial charge in [-0.05, 0) is 55.2 Å². The molecule has 2 aliphatic carbocycles. The molecule has 11 heteroatoms. The van der Waals surface area contributed by atoms with Gasteiger partial charge in [-0.25, -0.2) is 13.2 Å². The van der Waals surface area contributed by atoms with E-state index in [1.54, 1.807) is 4.90 Å². The molecule has 2 amide bonds. The lowest BCUT2D eigenvalue weighted by atomic mass is 9.57. The van der Waals surface area contributed by atoms with Crippen LogP contribution in [-0.2, 0) is 4.79 Å². The predicted octanol–water partition coefficient (Wildman–Crippen LogP) is 3.42. The molecule has 2 N–H and O–H groups in total. The summed E-state index contributed by atoms with van der Waals surface area (Å²) in [6.45, 7) is 1.49. The molecule has 176 valence electrons. The van der Waals surface area contributed by atoms with E-state index in [-0.39, 0.29) is 36.3 Å². The van der Waals surface area contributed by atoms with Crippen molar-refractivity contribution in [3.63, 3.8) is 0 Å². The van der Waals surface area contributed by atoms with Crippen molar-refractivity contribution in [1.82, 2.24) is 15.5 Å². The van der Waals surface area contributed by atoms with E-state index in [2.05, 4.69) is 10.6 Å². The number of carbonyl (C=O) groups excluding carboxylic acids is 2. The molecule has 32 heavy (non-hydrogen) atoms. The number of rotatable bonds is 7. The highest BCUT2D eigenvalue weighted by molar-refractivity contribution is 5.94. The van der Waals surface area contributed by atoms with Crippen LogP contribution in [0.2, 0.25) is 0 Å². The van der Waals surface area contributed by atoms with E-state index in [1.807, 2.05) is 0 Å². The SMILES string of the molecule is O=C(CN1CC2(CC(CNC(=O)c3ccc(F)c(C(F)F)c3)C2)C1)NC1(C(F)(F)F)CC1. The zero-order valence-corrected chi connectivity index (χ0v) is 17.1. The first kappa shape index (κ1) is 22.9. The largest absolute Gasteiger partial charge is 0.411 e. The third kappa shape index (κ3) is 4.44. The molecule has 0 radical (unpaired) electrons. The second-order valence-corrected chi connectivity index (χ2v) is 9.29. The first-order valence-electron chi connectivity index (χ1n) is 10.4. The van der Waals surface area contributed by atoms with Crippen molar-refractivity contribution in [2.24, 2.45) is 11.3 Å². The molecule has 1 saturated heterocycles. The molecule has 1 aromatic rings. The lowest BCUT2D eigenvalue weighted by Gasteiger charge is -2.59. The van der Waals surface area contributed by atoms with Crippen LogP contribution in [0.1, 0.15) is 48.0 Å². The number of likely N-dealkylation sites (tertiary alicyclic amines) is 1. The minimum absolute atomic E-state index is 0.00961. The Kier molecular flexibility index (Phi) is 5.67. The van der Waals surface area contributed by atoms with E-state index < -0.39 is 41.3 Å². The van der Waals surface area contributed by atoms with Crippen LogP contribution in [0.5, 0.6) is 0 Å². The zero-order valence-electron chi connectivity index (χ0n) is 17.1. The van der Waals surface area contributed by atoms with Crippen LogP contribution in [0.4, 0.5) is 26.3 Å². The Morgan fingerprint density at radius 3 is 2.38 bits per heavy atom. The normalized spacial score (nSPS) is 21.7. The second kappa shape index (κ2) is 7.93. The molecule has 1 spiro atoms. The second-order valence-electron chi connectivity index (χ2n) is 9.29. The van der Waals surface area contributed by atoms with Gasteiger partial charge in [0.1, 0.15) is 11.4 Å². The molecule has 1 aromatic carbocycles. The standard InChI is InChI=1S/C21H23F6N3O2/c22-15-2-1-13(5-14(15)17(23)24)18(32)28-8-12-6-19(7-12)10-30(11-19)9-16(31)29-20(3-4-20)21(25,26)27/h1-2,5,12,17H,3-4,6-11H2,(H,28,32)(H,29,31). The number of hydrogen-bond donors (Lipinski definition) is 2. The fourth-order valence-corrected chi connectivity index (χ4v) is 4.89. The van der Waals surface area contributed by atoms with Crippen LogP contribution in [0.25, 0.3) is 0 Å². The van der Waals surface area contributed by atoms with Crippen molar-refractivity contribution in [3.05, 3.63) is 35.1 Å². The van der Waals surface area contributed by atoms with E-state index in [0.717, 1.165) is 31.0 Å². The molecule has 3 fully saturated rings. The number of nitrogens with zero attached hydrogens (tertiary/aromatic N) is 1. The first-order chi connectivity index (χ1) is 14.9. The van der Waals surface area contributed by atoms with Gasteiger partial charge in [0.25, 0.3) is 12.3 Å². The molecular weight excluding hydrogens is 440 g/mol. The van der Waals surface area contributed by atoms with Crippen molar-refractivity contribution in [1.29, 1.82) is 0 Å². The highest BCUT2D eigenvalue weighted by Gasteiger charge is 2.64. The van der Waals surface area contributed by atoms with E-state index in [4.69, 9.17) is 0 Å². The Bertz CT molecular complexity index is 901. The summed E-state index contributed by atoms with van der Waals surface area (Å²) in [5, 5.41) is 4.79. The van der Waals surface area contributed by atoms with Crippen molar-refractivity contribution in [2.45, 2.75) is 43.8 Å². The number of amides is 2. The minimum Gasteiger partial charge on any atom is -0.352 e. The third-order valence-corrected chi connectivity index (χ3v) is 6.64. The molecular formula is C21H23F6N3O2. The average Bonchev–Trinajstić information content (AvgIpc) is 3.42. The van der Waals surface area contributed by atoms with Gasteiger partial charge in [0.05, 0.1) is 12.1 Å². The predicted molar refractivity (Wildman–Crippen MR) is 101 cm³/mol. The summed E-state index contributed by atoms with van der Waals surface area (Å²) in [6.07, 6.45) is -6.02. The van der Waals surface area contributed by atoms with Crippen LogP contribution in [0.3, 0.4) is 0 Å². The monoisotopic (exact) mass is 463 g/mol. The summed E-state index contributed by atoms with van der Waals surface area (Å²) in [7, 11) is 0. The molecule has 0 aromatic heterocycles. The summed E-state index contributed by atoms with van der Waals surface area (Å²) < 4.78 is 77.7. The number of benzene rings is 1. The van der Waals surface area contributed by atoms with Crippen molar-refractivity contribution < 1.29 is 35.9 Å². The minimum atomic E-state index is -4.43. The van der Waals surface area contributed by atoms with Gasteiger partial charge in [-0.3, -0.25) is 14.5 Å². The summed E-state index contributed by atoms with van der Waals surface area (Å²) >= 11 is 0. The molecule has 0 atom stereocenters. The van der Waals surface area contributed by atoms with Gasteiger partial charge >= 0.3 is 6.18 Å². The van der Waals surface area contributed by atoms with E-state index in [0.29, 0.717) is 19.6 Å². The Balaban J connectivity index is 1.17. The molecule has 4 rings (SSSR count). The smallest absolute Gasteiger partial charge is 0.352 e. The third-order valence-electron chi connectivity index (χ3n) is 6.64. The number of nitrogens with one attached hydrogen (secondary N) is 2. The average molecular weight is 463 g/mol. The molecule has 1 heterocycles. The lowest BCUT2D eigenvalue weighted by molar-refractivity contribution is -0.172. The van der Waals surface area contributed by atoms with Crippen molar-refractivity contribution in [2.75, 3.05) is 26.2 Å². The topological polar surface area (TPSA) is 61.4 Å². The maximum atomic E-state index is 13.3. The maximum absolute atomic E-state index is 13.3. The lowest BCUT2D eigenvalue weighted by Crippen LogP contribution is -2.65. The van der Waals surface area contributed by atoms with Gasteiger partial charge in [-0.15, -0.1) is 0 Å². The van der Waals surface area contributed by atoms with Gasteiger partial charge in [0.15, 0.2) is 0 Å². The summed E-state index contributed by atoms with van der Waals surface area (Å²) in [4.78, 5) is 25.9. The molecule has 2 saturated carbocycles. The molecule has 3 aliphatic rings. The number of carbonyl (C=O) groups is 2. The number of hydrogen-bond acceptors (Lipinski definition) is 3. The summed E-state index contributed by atoms with van der Waals surface area (Å²) in [5.41, 5.74) is -2.89. The maximum Gasteiger partial charge on any atom is 0.411 e. The Morgan fingerprint density at radius 1 is 1.16 bits per heavy atom.